The molecule has 0 aromatic heterocycles. The van der Waals surface area contributed by atoms with Crippen molar-refractivity contribution in [3.8, 4) is 0 Å². The molecule has 0 amide bonds. The molecular weight excluding hydrogens is 232 g/mol. The van der Waals surface area contributed by atoms with Crippen LogP contribution in [0.5, 0.6) is 0 Å². The number of hydrogen-bond acceptors (Lipinski definition) is 0. The molecule has 0 aromatic rings. The van der Waals surface area contributed by atoms with Crippen LogP contribution >= 0.6 is 22.2 Å². The van der Waals surface area contributed by atoms with E-state index in [1.807, 2.05) is 0 Å². The molecule has 0 spiro atoms. The number of halogens is 5. The van der Waals surface area contributed by atoms with Crippen molar-refractivity contribution in [3.05, 3.63) is 0 Å². The van der Waals surface area contributed by atoms with Gasteiger partial charge in [0.1, 0.15) is 0 Å². The van der Waals surface area contributed by atoms with Gasteiger partial charge in [-0.1, -0.05) is 12.6 Å². The van der Waals surface area contributed by atoms with Crippen LogP contribution in [0.2, 0.25) is 12.6 Å². The van der Waals surface area contributed by atoms with Crippen LogP contribution in [-0.2, 0) is 0 Å². The highest BCUT2D eigenvalue weighted by atomic mass is 35.7. The molecule has 0 aliphatic heterocycles. The second kappa shape index (κ2) is 4.74. The summed E-state index contributed by atoms with van der Waals surface area (Å²) in [5.41, 5.74) is 0. The molecule has 0 aromatic carbocycles. The molecule has 0 saturated carbocycles. The first-order valence-corrected chi connectivity index (χ1v) is 11.3. The quantitative estimate of drug-likeness (QED) is 0.526. The Bertz CT molecular complexity index is 116. The Morgan fingerprint density at radius 1 is 1.27 bits per heavy atom. The zero-order valence-corrected chi connectivity index (χ0v) is 9.78. The molecule has 0 aliphatic carbocycles. The van der Waals surface area contributed by atoms with E-state index in [9.17, 15) is 13.2 Å². The van der Waals surface area contributed by atoms with Crippen molar-refractivity contribution < 1.29 is 13.2 Å². The van der Waals surface area contributed by atoms with Gasteiger partial charge in [0.25, 0.3) is 0 Å². The molecule has 7 heteroatoms. The molecule has 0 bridgehead atoms. The molecule has 1 atom stereocenters. The van der Waals surface area contributed by atoms with E-state index in [0.29, 0.717) is 0 Å². The van der Waals surface area contributed by atoms with E-state index in [2.05, 4.69) is 0 Å². The zero-order chi connectivity index (χ0) is 9.07. The average Bonchev–Trinajstić information content (AvgIpc) is 1.80. The third-order valence-electron chi connectivity index (χ3n) is 1.31. The maximum atomic E-state index is 11.6. The Labute approximate surface area is 76.1 Å². The lowest BCUT2D eigenvalue weighted by atomic mass is 10.5. The van der Waals surface area contributed by atoms with E-state index in [0.717, 1.165) is 0 Å². The van der Waals surface area contributed by atoms with Gasteiger partial charge in [0.15, 0.2) is 0 Å². The molecule has 0 fully saturated rings. The van der Waals surface area contributed by atoms with Gasteiger partial charge in [-0.05, 0) is 0 Å². The van der Waals surface area contributed by atoms with E-state index >= 15 is 0 Å². The van der Waals surface area contributed by atoms with Crippen LogP contribution in [-0.4, -0.2) is 21.4 Å². The van der Waals surface area contributed by atoms with Gasteiger partial charge < -0.3 is 0 Å². The molecule has 68 valence electrons. The lowest BCUT2D eigenvalue weighted by Gasteiger charge is -2.10. The number of rotatable bonds is 3. The van der Waals surface area contributed by atoms with Gasteiger partial charge in [-0.25, -0.2) is 0 Å². The van der Waals surface area contributed by atoms with Crippen molar-refractivity contribution in [2.75, 3.05) is 0 Å². The standard InChI is InChI=1S/C4H9Cl2F3Si2/c1-10(11(5)6)3-2-4(7,8)9/h10-11H,2-3H2,1H3. The summed E-state index contributed by atoms with van der Waals surface area (Å²) in [5, 5.41) is 0. The predicted molar refractivity (Wildman–Crippen MR) is 47.3 cm³/mol. The molecule has 0 rings (SSSR count). The van der Waals surface area contributed by atoms with Gasteiger partial charge in [-0.2, -0.15) is 35.3 Å². The highest BCUT2D eigenvalue weighted by Crippen LogP contribution is 2.23. The lowest BCUT2D eigenvalue weighted by Crippen LogP contribution is -2.24. The van der Waals surface area contributed by atoms with Crippen molar-refractivity contribution in [1.29, 1.82) is 0 Å². The average molecular weight is 241 g/mol. The van der Waals surface area contributed by atoms with Crippen LogP contribution in [0.25, 0.3) is 0 Å². The van der Waals surface area contributed by atoms with Gasteiger partial charge in [-0.15, -0.1) is 0 Å². The number of alkyl halides is 3. The minimum absolute atomic E-state index is 0.188. The van der Waals surface area contributed by atoms with E-state index in [4.69, 9.17) is 22.2 Å². The van der Waals surface area contributed by atoms with E-state index in [-0.39, 0.29) is 6.04 Å². The first-order valence-electron chi connectivity index (χ1n) is 3.18. The number of hydrogen-bond donors (Lipinski definition) is 0. The van der Waals surface area contributed by atoms with Gasteiger partial charge in [0.2, 0.25) is 6.93 Å². The fraction of sp³-hybridized carbons (Fsp3) is 1.00. The van der Waals surface area contributed by atoms with E-state index in [1.165, 1.54) is 0 Å². The summed E-state index contributed by atoms with van der Waals surface area (Å²) in [5.74, 6) is 0. The van der Waals surface area contributed by atoms with Crippen LogP contribution in [0.4, 0.5) is 13.2 Å². The van der Waals surface area contributed by atoms with Gasteiger partial charge in [-0.3, -0.25) is 0 Å². The van der Waals surface area contributed by atoms with Crippen LogP contribution in [0.1, 0.15) is 6.42 Å². The Morgan fingerprint density at radius 3 is 2.00 bits per heavy atom. The maximum absolute atomic E-state index is 11.6. The van der Waals surface area contributed by atoms with Crippen molar-refractivity contribution >= 4 is 37.4 Å². The van der Waals surface area contributed by atoms with Crippen LogP contribution in [0, 0.1) is 0 Å². The molecule has 0 N–H and O–H groups in total. The van der Waals surface area contributed by atoms with Crippen molar-refractivity contribution in [2.45, 2.75) is 25.2 Å². The summed E-state index contributed by atoms with van der Waals surface area (Å²) in [6.07, 6.45) is -4.76. The van der Waals surface area contributed by atoms with Crippen LogP contribution in [0.3, 0.4) is 0 Å². The lowest BCUT2D eigenvalue weighted by molar-refractivity contribution is -0.130. The Hall–Kier alpha value is 0.804. The molecular formula is C4H9Cl2F3Si2. The summed E-state index contributed by atoms with van der Waals surface area (Å²) in [7, 11) is -1.43. The highest BCUT2D eigenvalue weighted by molar-refractivity contribution is 7.60. The highest BCUT2D eigenvalue weighted by Gasteiger charge is 2.29. The van der Waals surface area contributed by atoms with Crippen LogP contribution in [0.15, 0.2) is 0 Å². The minimum atomic E-state index is -4.04. The molecule has 0 aliphatic rings. The summed E-state index contributed by atoms with van der Waals surface area (Å²) in [4.78, 5) is 0. The van der Waals surface area contributed by atoms with Gasteiger partial charge >= 0.3 is 6.18 Å². The topological polar surface area (TPSA) is 0 Å². The largest absolute Gasteiger partial charge is 0.388 e. The summed E-state index contributed by atoms with van der Waals surface area (Å²) in [6, 6.07) is 0.188. The second-order valence-electron chi connectivity index (χ2n) is 2.47. The van der Waals surface area contributed by atoms with Crippen molar-refractivity contribution in [2.24, 2.45) is 0 Å². The Balaban J connectivity index is 3.54. The van der Waals surface area contributed by atoms with Gasteiger partial charge in [0, 0.05) is 6.42 Å². The minimum Gasteiger partial charge on any atom is -0.171 e. The van der Waals surface area contributed by atoms with E-state index < -0.39 is 27.8 Å². The predicted octanol–water partition coefficient (Wildman–Crippen LogP) is 2.57. The van der Waals surface area contributed by atoms with Gasteiger partial charge in [0.05, 0.1) is 8.31 Å². The fourth-order valence-electron chi connectivity index (χ4n) is 0.517. The zero-order valence-electron chi connectivity index (χ0n) is 5.96. The second-order valence-corrected chi connectivity index (χ2v) is 17.1. The molecule has 0 saturated heterocycles. The van der Waals surface area contributed by atoms with Crippen molar-refractivity contribution in [1.82, 2.24) is 0 Å². The smallest absolute Gasteiger partial charge is 0.171 e. The normalized spacial score (nSPS) is 15.5. The molecule has 0 radical (unpaired) electrons. The van der Waals surface area contributed by atoms with E-state index in [1.54, 1.807) is 6.55 Å². The third kappa shape index (κ3) is 7.17. The first kappa shape index (κ1) is 11.8. The maximum Gasteiger partial charge on any atom is 0.388 e. The summed E-state index contributed by atoms with van der Waals surface area (Å²) < 4.78 is 34.9. The molecule has 0 nitrogen and oxygen atoms in total. The molecule has 0 heterocycles. The first-order chi connectivity index (χ1) is 4.83. The fourth-order valence-corrected chi connectivity index (χ4v) is 5.08. The third-order valence-corrected chi connectivity index (χ3v) is 14.7. The Kier molecular flexibility index (Phi) is 5.08. The van der Waals surface area contributed by atoms with Crippen molar-refractivity contribution in [3.63, 3.8) is 0 Å². The Morgan fingerprint density at radius 2 is 1.73 bits per heavy atom. The molecule has 11 heavy (non-hydrogen) atoms. The van der Waals surface area contributed by atoms with Crippen LogP contribution < -0.4 is 0 Å². The summed E-state index contributed by atoms with van der Waals surface area (Å²) in [6.45, 7) is 0.0235. The summed E-state index contributed by atoms with van der Waals surface area (Å²) >= 11 is 11.1. The molecule has 1 unspecified atom stereocenters. The SMILES string of the molecule is C[SiH](CCC(F)(F)F)[SiH](Cl)Cl. The monoisotopic (exact) mass is 240 g/mol.